The summed E-state index contributed by atoms with van der Waals surface area (Å²) in [4.78, 5) is 4.37. The summed E-state index contributed by atoms with van der Waals surface area (Å²) in [6.45, 7) is 5.45. The Morgan fingerprint density at radius 3 is 2.69 bits per heavy atom. The highest BCUT2D eigenvalue weighted by molar-refractivity contribution is 5.27. The third-order valence-electron chi connectivity index (χ3n) is 3.81. The fraction of sp³-hybridized carbons (Fsp3) is 0.769. The normalized spacial score (nSPS) is 25.6. The van der Waals surface area contributed by atoms with Crippen molar-refractivity contribution in [1.82, 2.24) is 9.55 Å². The van der Waals surface area contributed by atoms with Gasteiger partial charge in [-0.1, -0.05) is 13.3 Å². The Bertz CT molecular complexity index is 311. The lowest BCUT2D eigenvalue weighted by Crippen LogP contribution is -2.27. The van der Waals surface area contributed by atoms with E-state index in [1.165, 1.54) is 32.1 Å². The Morgan fingerprint density at radius 2 is 2.06 bits per heavy atom. The molecule has 1 fully saturated rings. The number of rotatable bonds is 4. The topological polar surface area (TPSA) is 29.9 Å². The first-order chi connectivity index (χ1) is 7.83. The van der Waals surface area contributed by atoms with Crippen molar-refractivity contribution in [2.45, 2.75) is 58.5 Å². The number of imidazole rings is 1. The molecule has 0 unspecified atom stereocenters. The van der Waals surface area contributed by atoms with Crippen LogP contribution in [0.15, 0.2) is 12.4 Å². The summed E-state index contributed by atoms with van der Waals surface area (Å²) in [7, 11) is 0. The van der Waals surface area contributed by atoms with E-state index in [2.05, 4.69) is 28.7 Å². The first kappa shape index (κ1) is 11.5. The summed E-state index contributed by atoms with van der Waals surface area (Å²) in [5.74, 6) is 2.01. The predicted molar refractivity (Wildman–Crippen MR) is 67.6 cm³/mol. The Hall–Kier alpha value is -0.990. The minimum atomic E-state index is 0.635. The van der Waals surface area contributed by atoms with Gasteiger partial charge in [0, 0.05) is 25.0 Å². The van der Waals surface area contributed by atoms with E-state index in [1.807, 2.05) is 12.4 Å². The van der Waals surface area contributed by atoms with Gasteiger partial charge in [0.25, 0.3) is 0 Å². The second kappa shape index (κ2) is 5.37. The number of nitrogens with zero attached hydrogens (tertiary/aromatic N) is 2. The number of anilines is 1. The smallest absolute Gasteiger partial charge is 0.202 e. The second-order valence-corrected chi connectivity index (χ2v) is 4.81. The number of nitrogens with one attached hydrogen (secondary N) is 1. The molecular weight excluding hydrogens is 198 g/mol. The van der Waals surface area contributed by atoms with Crippen molar-refractivity contribution in [3.63, 3.8) is 0 Å². The lowest BCUT2D eigenvalue weighted by Gasteiger charge is -2.28. The van der Waals surface area contributed by atoms with Crippen LogP contribution in [0.2, 0.25) is 0 Å². The molecule has 1 saturated carbocycles. The maximum absolute atomic E-state index is 4.37. The van der Waals surface area contributed by atoms with Crippen LogP contribution in [0.3, 0.4) is 0 Å². The molecule has 0 saturated heterocycles. The highest BCUT2D eigenvalue weighted by atomic mass is 15.2. The fourth-order valence-corrected chi connectivity index (χ4v) is 2.60. The number of aromatic nitrogens is 2. The van der Waals surface area contributed by atoms with Crippen molar-refractivity contribution < 1.29 is 0 Å². The monoisotopic (exact) mass is 221 g/mol. The Labute approximate surface area is 98.3 Å². The van der Waals surface area contributed by atoms with Crippen molar-refractivity contribution in [3.05, 3.63) is 12.4 Å². The largest absolute Gasteiger partial charge is 0.353 e. The van der Waals surface area contributed by atoms with Gasteiger partial charge in [0.2, 0.25) is 5.95 Å². The average Bonchev–Trinajstić information content (AvgIpc) is 2.77. The van der Waals surface area contributed by atoms with E-state index in [-0.39, 0.29) is 0 Å². The van der Waals surface area contributed by atoms with Gasteiger partial charge in [0.15, 0.2) is 0 Å². The molecule has 90 valence electrons. The Balaban J connectivity index is 1.87. The molecule has 1 aromatic heterocycles. The Kier molecular flexibility index (Phi) is 3.86. The first-order valence-electron chi connectivity index (χ1n) is 6.61. The number of aryl methyl sites for hydroxylation is 1. The van der Waals surface area contributed by atoms with Crippen LogP contribution in [0, 0.1) is 5.92 Å². The van der Waals surface area contributed by atoms with Crippen molar-refractivity contribution in [1.29, 1.82) is 0 Å². The number of hydrogen-bond acceptors (Lipinski definition) is 2. The molecule has 1 heterocycles. The van der Waals surface area contributed by atoms with E-state index in [0.29, 0.717) is 6.04 Å². The molecule has 2 rings (SSSR count). The maximum atomic E-state index is 4.37. The van der Waals surface area contributed by atoms with Gasteiger partial charge in [-0.3, -0.25) is 0 Å². The van der Waals surface area contributed by atoms with Crippen LogP contribution in [0.5, 0.6) is 0 Å². The zero-order chi connectivity index (χ0) is 11.4. The molecule has 0 spiro atoms. The van der Waals surface area contributed by atoms with Crippen LogP contribution in [0.1, 0.15) is 46.0 Å². The summed E-state index contributed by atoms with van der Waals surface area (Å²) < 4.78 is 2.17. The molecule has 0 bridgehead atoms. The van der Waals surface area contributed by atoms with Gasteiger partial charge in [-0.05, 0) is 38.5 Å². The van der Waals surface area contributed by atoms with Gasteiger partial charge in [-0.15, -0.1) is 0 Å². The van der Waals surface area contributed by atoms with E-state index in [1.54, 1.807) is 0 Å². The lowest BCUT2D eigenvalue weighted by atomic mass is 9.85. The molecule has 1 aromatic rings. The van der Waals surface area contributed by atoms with Crippen molar-refractivity contribution in [3.8, 4) is 0 Å². The van der Waals surface area contributed by atoms with Crippen LogP contribution in [0.4, 0.5) is 5.95 Å². The Morgan fingerprint density at radius 1 is 1.31 bits per heavy atom. The highest BCUT2D eigenvalue weighted by Gasteiger charge is 2.20. The summed E-state index contributed by atoms with van der Waals surface area (Å²) in [5, 5.41) is 3.58. The van der Waals surface area contributed by atoms with E-state index >= 15 is 0 Å². The van der Waals surface area contributed by atoms with Crippen LogP contribution in [-0.4, -0.2) is 15.6 Å². The van der Waals surface area contributed by atoms with E-state index < -0.39 is 0 Å². The van der Waals surface area contributed by atoms with E-state index in [9.17, 15) is 0 Å². The zero-order valence-corrected chi connectivity index (χ0v) is 10.4. The van der Waals surface area contributed by atoms with Crippen LogP contribution >= 0.6 is 0 Å². The van der Waals surface area contributed by atoms with Gasteiger partial charge in [0.1, 0.15) is 0 Å². The third kappa shape index (κ3) is 2.57. The van der Waals surface area contributed by atoms with Gasteiger partial charge in [-0.2, -0.15) is 0 Å². The molecule has 1 N–H and O–H groups in total. The SMILES string of the molecule is CCC1CCC(Nc2nccn2CC)CC1. The molecule has 1 aliphatic carbocycles. The lowest BCUT2D eigenvalue weighted by molar-refractivity contribution is 0.329. The molecule has 1 aliphatic rings. The van der Waals surface area contributed by atoms with Crippen molar-refractivity contribution in [2.24, 2.45) is 5.92 Å². The molecule has 0 radical (unpaired) electrons. The minimum absolute atomic E-state index is 0.635. The van der Waals surface area contributed by atoms with Gasteiger partial charge in [-0.25, -0.2) is 4.98 Å². The van der Waals surface area contributed by atoms with Crippen LogP contribution < -0.4 is 5.32 Å². The average molecular weight is 221 g/mol. The minimum Gasteiger partial charge on any atom is -0.353 e. The van der Waals surface area contributed by atoms with Crippen LogP contribution in [0.25, 0.3) is 0 Å². The van der Waals surface area contributed by atoms with E-state index in [4.69, 9.17) is 0 Å². The number of hydrogen-bond donors (Lipinski definition) is 1. The standard InChI is InChI=1S/C13H23N3/c1-3-11-5-7-12(8-6-11)15-13-14-9-10-16(13)4-2/h9-12H,3-8H2,1-2H3,(H,14,15). The molecule has 0 amide bonds. The molecule has 16 heavy (non-hydrogen) atoms. The summed E-state index contributed by atoms with van der Waals surface area (Å²) >= 11 is 0. The molecule has 0 aromatic carbocycles. The molecule has 0 atom stereocenters. The summed E-state index contributed by atoms with van der Waals surface area (Å²) in [5.41, 5.74) is 0. The summed E-state index contributed by atoms with van der Waals surface area (Å²) in [6.07, 6.45) is 10.6. The fourth-order valence-electron chi connectivity index (χ4n) is 2.60. The van der Waals surface area contributed by atoms with Crippen molar-refractivity contribution >= 4 is 5.95 Å². The van der Waals surface area contributed by atoms with Crippen LogP contribution in [-0.2, 0) is 6.54 Å². The predicted octanol–water partition coefficient (Wildman–Crippen LogP) is 3.28. The summed E-state index contributed by atoms with van der Waals surface area (Å²) in [6, 6.07) is 0.635. The molecular formula is C13H23N3. The quantitative estimate of drug-likeness (QED) is 0.845. The molecule has 0 aliphatic heterocycles. The molecule has 3 nitrogen and oxygen atoms in total. The van der Waals surface area contributed by atoms with Gasteiger partial charge in [0.05, 0.1) is 0 Å². The second-order valence-electron chi connectivity index (χ2n) is 4.81. The first-order valence-corrected chi connectivity index (χ1v) is 6.61. The zero-order valence-electron chi connectivity index (χ0n) is 10.4. The molecule has 3 heteroatoms. The van der Waals surface area contributed by atoms with Crippen molar-refractivity contribution in [2.75, 3.05) is 5.32 Å². The third-order valence-corrected chi connectivity index (χ3v) is 3.81. The highest BCUT2D eigenvalue weighted by Crippen LogP contribution is 2.28. The maximum Gasteiger partial charge on any atom is 0.202 e. The van der Waals surface area contributed by atoms with Gasteiger partial charge < -0.3 is 9.88 Å². The van der Waals surface area contributed by atoms with Gasteiger partial charge >= 0.3 is 0 Å². The van der Waals surface area contributed by atoms with E-state index in [0.717, 1.165) is 18.4 Å².